The van der Waals surface area contributed by atoms with E-state index in [2.05, 4.69) is 0 Å². The Balaban J connectivity index is 2.23. The number of halogens is 3. The van der Waals surface area contributed by atoms with Gasteiger partial charge in [0.25, 0.3) is 0 Å². The van der Waals surface area contributed by atoms with Crippen molar-refractivity contribution in [1.82, 2.24) is 4.57 Å². The zero-order valence-corrected chi connectivity index (χ0v) is 10.7. The third-order valence-electron chi connectivity index (χ3n) is 2.87. The van der Waals surface area contributed by atoms with Crippen LogP contribution in [0.2, 0.25) is 0 Å². The minimum atomic E-state index is -4.13. The zero-order valence-electron chi connectivity index (χ0n) is 10.7. The summed E-state index contributed by atoms with van der Waals surface area (Å²) in [6.45, 7) is 2.55. The molecule has 0 aliphatic rings. The van der Waals surface area contributed by atoms with Gasteiger partial charge in [-0.25, -0.2) is 0 Å². The molecule has 0 aliphatic heterocycles. The summed E-state index contributed by atoms with van der Waals surface area (Å²) in [4.78, 5) is 0. The first kappa shape index (κ1) is 13.8. The Bertz CT molecular complexity index is 545. The number of aryl methyl sites for hydroxylation is 1. The van der Waals surface area contributed by atoms with Crippen molar-refractivity contribution in [3.63, 3.8) is 0 Å². The fourth-order valence-corrected chi connectivity index (χ4v) is 1.98. The molecule has 0 spiro atoms. The number of fused-ring (bicyclic) bond motifs is 1. The zero-order chi connectivity index (χ0) is 13.9. The molecule has 0 fully saturated rings. The third kappa shape index (κ3) is 3.43. The molecule has 0 saturated carbocycles. The molecule has 0 bridgehead atoms. The van der Waals surface area contributed by atoms with E-state index in [1.54, 1.807) is 22.9 Å². The van der Waals surface area contributed by atoms with E-state index in [-0.39, 0.29) is 6.54 Å². The number of rotatable bonds is 5. The van der Waals surface area contributed by atoms with Gasteiger partial charge in [-0.1, -0.05) is 13.0 Å². The highest BCUT2D eigenvalue weighted by molar-refractivity contribution is 5.86. The van der Waals surface area contributed by atoms with Crippen molar-refractivity contribution in [2.45, 2.75) is 32.5 Å². The van der Waals surface area contributed by atoms with Gasteiger partial charge >= 0.3 is 6.18 Å². The quantitative estimate of drug-likeness (QED) is 0.787. The summed E-state index contributed by atoms with van der Waals surface area (Å²) in [6, 6.07) is 7.25. The molecule has 1 aromatic heterocycles. The molecule has 104 valence electrons. The highest BCUT2D eigenvalue weighted by Crippen LogP contribution is 2.28. The second-order valence-electron chi connectivity index (χ2n) is 4.41. The molecule has 2 rings (SSSR count). The average molecular weight is 271 g/mol. The summed E-state index contributed by atoms with van der Waals surface area (Å²) in [5, 5.41) is 0.859. The van der Waals surface area contributed by atoms with E-state index in [1.807, 2.05) is 19.1 Å². The van der Waals surface area contributed by atoms with Crippen molar-refractivity contribution in [2.75, 3.05) is 6.61 Å². The molecule has 0 unspecified atom stereocenters. The maximum atomic E-state index is 12.3. The Morgan fingerprint density at radius 1 is 1.21 bits per heavy atom. The molecule has 0 saturated heterocycles. The largest absolute Gasteiger partial charge is 0.493 e. The summed E-state index contributed by atoms with van der Waals surface area (Å²) in [7, 11) is 0. The van der Waals surface area contributed by atoms with Crippen molar-refractivity contribution in [1.29, 1.82) is 0 Å². The second kappa shape index (κ2) is 5.55. The smallest absolute Gasteiger partial charge is 0.390 e. The van der Waals surface area contributed by atoms with Gasteiger partial charge in [-0.15, -0.1) is 0 Å². The van der Waals surface area contributed by atoms with Crippen molar-refractivity contribution >= 4 is 10.9 Å². The van der Waals surface area contributed by atoms with Crippen LogP contribution in [0.15, 0.2) is 30.5 Å². The summed E-state index contributed by atoms with van der Waals surface area (Å²) >= 11 is 0. The standard InChI is InChI=1S/C14H16F3NO/c1-2-10-19-13-5-3-4-12-11(13)6-8-18(12)9-7-14(15,16)17/h3-6,8H,2,7,9-10H2,1H3. The number of alkyl halides is 3. The van der Waals surface area contributed by atoms with Crippen LogP contribution in [0, 0.1) is 0 Å². The summed E-state index contributed by atoms with van der Waals surface area (Å²) in [6.07, 6.45) is -2.38. The van der Waals surface area contributed by atoms with Gasteiger partial charge in [-0.2, -0.15) is 13.2 Å². The minimum absolute atomic E-state index is 0.0652. The van der Waals surface area contributed by atoms with E-state index < -0.39 is 12.6 Å². The highest BCUT2D eigenvalue weighted by atomic mass is 19.4. The van der Waals surface area contributed by atoms with E-state index in [9.17, 15) is 13.2 Å². The van der Waals surface area contributed by atoms with E-state index in [0.717, 1.165) is 23.1 Å². The number of ether oxygens (including phenoxy) is 1. The molecule has 1 heterocycles. The van der Waals surface area contributed by atoms with E-state index >= 15 is 0 Å². The molecule has 0 amide bonds. The van der Waals surface area contributed by atoms with Crippen LogP contribution in [0.5, 0.6) is 5.75 Å². The molecule has 0 radical (unpaired) electrons. The van der Waals surface area contributed by atoms with Gasteiger partial charge in [0.2, 0.25) is 0 Å². The number of benzene rings is 1. The fraction of sp³-hybridized carbons (Fsp3) is 0.429. The number of hydrogen-bond donors (Lipinski definition) is 0. The van der Waals surface area contributed by atoms with Crippen molar-refractivity contribution < 1.29 is 17.9 Å². The molecule has 2 aromatic rings. The first-order valence-corrected chi connectivity index (χ1v) is 6.28. The lowest BCUT2D eigenvalue weighted by Crippen LogP contribution is -2.11. The van der Waals surface area contributed by atoms with Crippen LogP contribution in [0.3, 0.4) is 0 Å². The third-order valence-corrected chi connectivity index (χ3v) is 2.87. The maximum Gasteiger partial charge on any atom is 0.390 e. The second-order valence-corrected chi connectivity index (χ2v) is 4.41. The van der Waals surface area contributed by atoms with Gasteiger partial charge in [0, 0.05) is 18.1 Å². The SMILES string of the molecule is CCCOc1cccc2c1ccn2CCC(F)(F)F. The Kier molecular flexibility index (Phi) is 4.02. The Morgan fingerprint density at radius 3 is 2.68 bits per heavy atom. The molecule has 19 heavy (non-hydrogen) atoms. The molecule has 2 nitrogen and oxygen atoms in total. The summed E-state index contributed by atoms with van der Waals surface area (Å²) in [5.74, 6) is 0.727. The van der Waals surface area contributed by atoms with Crippen molar-refractivity contribution in [3.8, 4) is 5.75 Å². The van der Waals surface area contributed by atoms with Crippen LogP contribution in [0.1, 0.15) is 19.8 Å². The van der Waals surface area contributed by atoms with E-state index in [4.69, 9.17) is 4.74 Å². The Morgan fingerprint density at radius 2 is 2.00 bits per heavy atom. The van der Waals surface area contributed by atoms with Gasteiger partial charge in [0.15, 0.2) is 0 Å². The van der Waals surface area contributed by atoms with Gasteiger partial charge in [-0.3, -0.25) is 0 Å². The first-order valence-electron chi connectivity index (χ1n) is 6.28. The number of hydrogen-bond acceptors (Lipinski definition) is 1. The molecular formula is C14H16F3NO. The monoisotopic (exact) mass is 271 g/mol. The van der Waals surface area contributed by atoms with Crippen LogP contribution < -0.4 is 4.74 Å². The molecule has 0 aliphatic carbocycles. The first-order chi connectivity index (χ1) is 9.01. The average Bonchev–Trinajstić information content (AvgIpc) is 2.76. The van der Waals surface area contributed by atoms with Gasteiger partial charge in [-0.05, 0) is 24.6 Å². The van der Waals surface area contributed by atoms with Gasteiger partial charge < -0.3 is 9.30 Å². The van der Waals surface area contributed by atoms with Crippen LogP contribution in [0.25, 0.3) is 10.9 Å². The lowest BCUT2D eigenvalue weighted by molar-refractivity contribution is -0.136. The lowest BCUT2D eigenvalue weighted by atomic mass is 10.2. The molecule has 1 aromatic carbocycles. The Hall–Kier alpha value is -1.65. The fourth-order valence-electron chi connectivity index (χ4n) is 1.98. The van der Waals surface area contributed by atoms with E-state index in [1.165, 1.54) is 0 Å². The summed E-state index contributed by atoms with van der Waals surface area (Å²) in [5.41, 5.74) is 0.776. The normalized spacial score (nSPS) is 12.0. The topological polar surface area (TPSA) is 14.2 Å². The van der Waals surface area contributed by atoms with Gasteiger partial charge in [0.1, 0.15) is 5.75 Å². The maximum absolute atomic E-state index is 12.3. The van der Waals surface area contributed by atoms with E-state index in [0.29, 0.717) is 6.61 Å². The number of nitrogens with zero attached hydrogens (tertiary/aromatic N) is 1. The van der Waals surface area contributed by atoms with Gasteiger partial charge in [0.05, 0.1) is 18.5 Å². The molecular weight excluding hydrogens is 255 g/mol. The Labute approximate surface area is 109 Å². The highest BCUT2D eigenvalue weighted by Gasteiger charge is 2.26. The van der Waals surface area contributed by atoms with Crippen molar-refractivity contribution in [3.05, 3.63) is 30.5 Å². The molecule has 0 N–H and O–H groups in total. The predicted octanol–water partition coefficient (Wildman–Crippen LogP) is 4.38. The molecule has 0 atom stereocenters. The van der Waals surface area contributed by atoms with Crippen LogP contribution >= 0.6 is 0 Å². The minimum Gasteiger partial charge on any atom is -0.493 e. The predicted molar refractivity (Wildman–Crippen MR) is 68.4 cm³/mol. The summed E-state index contributed by atoms with van der Waals surface area (Å²) < 4.78 is 44.0. The van der Waals surface area contributed by atoms with Crippen molar-refractivity contribution in [2.24, 2.45) is 0 Å². The van der Waals surface area contributed by atoms with Crippen LogP contribution in [-0.2, 0) is 6.54 Å². The van der Waals surface area contributed by atoms with Crippen LogP contribution in [0.4, 0.5) is 13.2 Å². The number of aromatic nitrogens is 1. The molecule has 5 heteroatoms. The lowest BCUT2D eigenvalue weighted by Gasteiger charge is -2.10. The van der Waals surface area contributed by atoms with Crippen LogP contribution in [-0.4, -0.2) is 17.4 Å².